The van der Waals surface area contributed by atoms with E-state index in [1.165, 1.54) is 0 Å². The Morgan fingerprint density at radius 2 is 2.14 bits per heavy atom. The van der Waals surface area contributed by atoms with Gasteiger partial charge >= 0.3 is 6.18 Å². The number of aliphatic imine (C=N–C) groups is 1. The minimum absolute atomic E-state index is 0. The second-order valence-corrected chi connectivity index (χ2v) is 4.48. The van der Waals surface area contributed by atoms with Crippen LogP contribution in [0.1, 0.15) is 18.9 Å². The predicted octanol–water partition coefficient (Wildman–Crippen LogP) is 2.39. The number of alkyl halides is 3. The van der Waals surface area contributed by atoms with Gasteiger partial charge in [0.05, 0.1) is 19.2 Å². The van der Waals surface area contributed by atoms with E-state index in [2.05, 4.69) is 15.4 Å². The third-order valence-corrected chi connectivity index (χ3v) is 2.53. The van der Waals surface area contributed by atoms with Crippen molar-refractivity contribution in [2.24, 2.45) is 12.0 Å². The number of halogens is 4. The van der Waals surface area contributed by atoms with Crippen molar-refractivity contribution in [1.29, 1.82) is 0 Å². The van der Waals surface area contributed by atoms with Gasteiger partial charge in [0.15, 0.2) is 5.96 Å². The summed E-state index contributed by atoms with van der Waals surface area (Å²) in [6.07, 6.45) is -1.52. The SMILES string of the molecule is CCNC(=NCCC(F)(F)F)N(C)Cc1cnn(C)c1.I. The maximum Gasteiger partial charge on any atom is 0.390 e. The Bertz CT molecular complexity index is 444. The Labute approximate surface area is 139 Å². The first-order chi connectivity index (χ1) is 9.31. The number of nitrogens with one attached hydrogen (secondary N) is 1. The molecular weight excluding hydrogens is 398 g/mol. The molecule has 0 saturated heterocycles. The molecule has 0 aliphatic rings. The zero-order chi connectivity index (χ0) is 15.2. The summed E-state index contributed by atoms with van der Waals surface area (Å²) in [6, 6.07) is 0. The molecule has 0 fully saturated rings. The number of hydrogen-bond acceptors (Lipinski definition) is 2. The first kappa shape index (κ1) is 20.0. The number of hydrogen-bond donors (Lipinski definition) is 1. The highest BCUT2D eigenvalue weighted by atomic mass is 127. The van der Waals surface area contributed by atoms with Gasteiger partial charge in [-0.1, -0.05) is 0 Å². The zero-order valence-electron chi connectivity index (χ0n) is 12.3. The zero-order valence-corrected chi connectivity index (χ0v) is 14.6. The van der Waals surface area contributed by atoms with Crippen LogP contribution in [0.5, 0.6) is 0 Å². The van der Waals surface area contributed by atoms with Crippen LogP contribution in [0.25, 0.3) is 0 Å². The molecule has 1 aromatic rings. The summed E-state index contributed by atoms with van der Waals surface area (Å²) >= 11 is 0. The van der Waals surface area contributed by atoms with Gasteiger partial charge in [-0.05, 0) is 6.92 Å². The molecule has 122 valence electrons. The maximum absolute atomic E-state index is 12.1. The fraction of sp³-hybridized carbons (Fsp3) is 0.667. The highest BCUT2D eigenvalue weighted by molar-refractivity contribution is 14.0. The molecule has 1 heterocycles. The van der Waals surface area contributed by atoms with Crippen LogP contribution in [0.3, 0.4) is 0 Å². The first-order valence-electron chi connectivity index (χ1n) is 6.35. The minimum atomic E-state index is -4.18. The van der Waals surface area contributed by atoms with Gasteiger partial charge in [-0.15, -0.1) is 24.0 Å². The first-order valence-corrected chi connectivity index (χ1v) is 6.35. The molecule has 0 atom stereocenters. The summed E-state index contributed by atoms with van der Waals surface area (Å²) < 4.78 is 38.1. The molecule has 0 amide bonds. The minimum Gasteiger partial charge on any atom is -0.357 e. The van der Waals surface area contributed by atoms with Crippen LogP contribution in [0.2, 0.25) is 0 Å². The normalized spacial score (nSPS) is 12.0. The van der Waals surface area contributed by atoms with Crippen molar-refractivity contribution in [3.05, 3.63) is 18.0 Å². The maximum atomic E-state index is 12.1. The molecule has 0 aromatic carbocycles. The molecule has 0 aliphatic carbocycles. The van der Waals surface area contributed by atoms with Crippen molar-refractivity contribution in [2.45, 2.75) is 26.1 Å². The largest absolute Gasteiger partial charge is 0.390 e. The Morgan fingerprint density at radius 1 is 1.48 bits per heavy atom. The lowest BCUT2D eigenvalue weighted by Crippen LogP contribution is -2.38. The van der Waals surface area contributed by atoms with E-state index in [4.69, 9.17) is 0 Å². The van der Waals surface area contributed by atoms with Gasteiger partial charge in [0, 0.05) is 38.9 Å². The van der Waals surface area contributed by atoms with Gasteiger partial charge in [0.25, 0.3) is 0 Å². The van der Waals surface area contributed by atoms with E-state index < -0.39 is 12.6 Å². The van der Waals surface area contributed by atoms with Crippen molar-refractivity contribution in [3.8, 4) is 0 Å². The molecule has 1 N–H and O–H groups in total. The summed E-state index contributed by atoms with van der Waals surface area (Å²) in [4.78, 5) is 5.76. The van der Waals surface area contributed by atoms with E-state index in [-0.39, 0.29) is 30.5 Å². The smallest absolute Gasteiger partial charge is 0.357 e. The quantitative estimate of drug-likeness (QED) is 0.453. The third-order valence-electron chi connectivity index (χ3n) is 2.53. The number of guanidine groups is 1. The van der Waals surface area contributed by atoms with Crippen molar-refractivity contribution >= 4 is 29.9 Å². The van der Waals surface area contributed by atoms with Crippen LogP contribution in [0.15, 0.2) is 17.4 Å². The van der Waals surface area contributed by atoms with Crippen molar-refractivity contribution < 1.29 is 13.2 Å². The molecule has 0 unspecified atom stereocenters. The Morgan fingerprint density at radius 3 is 2.62 bits per heavy atom. The lowest BCUT2D eigenvalue weighted by atomic mass is 10.3. The fourth-order valence-electron chi connectivity index (χ4n) is 1.66. The van der Waals surface area contributed by atoms with Gasteiger partial charge in [-0.25, -0.2) is 0 Å². The molecule has 1 aromatic heterocycles. The van der Waals surface area contributed by atoms with Crippen LogP contribution in [0.4, 0.5) is 13.2 Å². The van der Waals surface area contributed by atoms with Gasteiger partial charge in [0.2, 0.25) is 0 Å². The van der Waals surface area contributed by atoms with E-state index in [1.54, 1.807) is 22.8 Å². The summed E-state index contributed by atoms with van der Waals surface area (Å²) in [7, 11) is 3.59. The lowest BCUT2D eigenvalue weighted by molar-refractivity contribution is -0.132. The van der Waals surface area contributed by atoms with Crippen LogP contribution in [0, 0.1) is 0 Å². The molecule has 0 bridgehead atoms. The molecule has 0 radical (unpaired) electrons. The highest BCUT2D eigenvalue weighted by Crippen LogP contribution is 2.19. The topological polar surface area (TPSA) is 45.5 Å². The van der Waals surface area contributed by atoms with Gasteiger partial charge in [-0.3, -0.25) is 9.67 Å². The van der Waals surface area contributed by atoms with E-state index in [9.17, 15) is 13.2 Å². The standard InChI is InChI=1S/C12H20F3N5.HI/c1-4-16-11(17-6-5-12(13,14)15)19(2)8-10-7-18-20(3)9-10;/h7,9H,4-6,8H2,1-3H3,(H,16,17);1H. The van der Waals surface area contributed by atoms with Crippen molar-refractivity contribution in [1.82, 2.24) is 20.0 Å². The summed E-state index contributed by atoms with van der Waals surface area (Å²) in [5.41, 5.74) is 0.969. The number of aryl methyl sites for hydroxylation is 1. The molecule has 1 rings (SSSR count). The Balaban J connectivity index is 0.00000400. The summed E-state index contributed by atoms with van der Waals surface area (Å²) in [5, 5.41) is 7.03. The van der Waals surface area contributed by atoms with E-state index in [0.717, 1.165) is 5.56 Å². The third kappa shape index (κ3) is 8.12. The number of nitrogens with zero attached hydrogens (tertiary/aromatic N) is 4. The van der Waals surface area contributed by atoms with E-state index in [0.29, 0.717) is 19.0 Å². The second kappa shape index (κ2) is 9.11. The van der Waals surface area contributed by atoms with Gasteiger partial charge in [0.1, 0.15) is 0 Å². The summed E-state index contributed by atoms with van der Waals surface area (Å²) in [5.74, 6) is 0.459. The van der Waals surface area contributed by atoms with Gasteiger partial charge < -0.3 is 10.2 Å². The number of aromatic nitrogens is 2. The van der Waals surface area contributed by atoms with Crippen molar-refractivity contribution in [3.63, 3.8) is 0 Å². The van der Waals surface area contributed by atoms with E-state index in [1.807, 2.05) is 20.2 Å². The molecule has 0 aliphatic heterocycles. The fourth-order valence-corrected chi connectivity index (χ4v) is 1.66. The van der Waals surface area contributed by atoms with Crippen molar-refractivity contribution in [2.75, 3.05) is 20.1 Å². The molecular formula is C12H21F3IN5. The molecule has 21 heavy (non-hydrogen) atoms. The average Bonchev–Trinajstić information content (AvgIpc) is 2.72. The number of rotatable bonds is 5. The van der Waals surface area contributed by atoms with Gasteiger partial charge in [-0.2, -0.15) is 18.3 Å². The molecule has 9 heteroatoms. The Hall–Kier alpha value is -1.00. The summed E-state index contributed by atoms with van der Waals surface area (Å²) in [6.45, 7) is 2.73. The average molecular weight is 419 g/mol. The van der Waals surface area contributed by atoms with Crippen LogP contribution in [-0.2, 0) is 13.6 Å². The molecule has 5 nitrogen and oxygen atoms in total. The van der Waals surface area contributed by atoms with Crippen LogP contribution < -0.4 is 5.32 Å². The predicted molar refractivity (Wildman–Crippen MR) is 86.7 cm³/mol. The highest BCUT2D eigenvalue weighted by Gasteiger charge is 2.26. The molecule has 0 spiro atoms. The van der Waals surface area contributed by atoms with E-state index >= 15 is 0 Å². The molecule has 0 saturated carbocycles. The lowest BCUT2D eigenvalue weighted by Gasteiger charge is -2.21. The van der Waals surface area contributed by atoms with Crippen LogP contribution >= 0.6 is 24.0 Å². The Kier molecular flexibility index (Phi) is 8.67. The monoisotopic (exact) mass is 419 g/mol. The van der Waals surface area contributed by atoms with Crippen LogP contribution in [-0.4, -0.2) is 47.0 Å². The second-order valence-electron chi connectivity index (χ2n) is 4.48.